The van der Waals surface area contributed by atoms with Crippen LogP contribution in [0.2, 0.25) is 15.1 Å². The van der Waals surface area contributed by atoms with Crippen LogP contribution in [0.1, 0.15) is 5.56 Å². The Morgan fingerprint density at radius 1 is 1.00 bits per heavy atom. The van der Waals surface area contributed by atoms with Crippen molar-refractivity contribution in [3.8, 4) is 0 Å². The van der Waals surface area contributed by atoms with Gasteiger partial charge in [0.1, 0.15) is 5.57 Å². The highest BCUT2D eigenvalue weighted by molar-refractivity contribution is 7.80. The maximum atomic E-state index is 12.8. The summed E-state index contributed by atoms with van der Waals surface area (Å²) in [6.45, 7) is 0. The van der Waals surface area contributed by atoms with E-state index in [-0.39, 0.29) is 15.7 Å². The van der Waals surface area contributed by atoms with Gasteiger partial charge in [0.05, 0.1) is 15.7 Å². The Morgan fingerprint density at radius 2 is 1.68 bits per heavy atom. The van der Waals surface area contributed by atoms with Gasteiger partial charge in [0.25, 0.3) is 11.8 Å². The van der Waals surface area contributed by atoms with Crippen molar-refractivity contribution in [2.24, 2.45) is 0 Å². The van der Waals surface area contributed by atoms with Gasteiger partial charge in [0, 0.05) is 5.02 Å². The summed E-state index contributed by atoms with van der Waals surface area (Å²) in [5, 5.41) is 3.59. The van der Waals surface area contributed by atoms with Crippen molar-refractivity contribution in [3.05, 3.63) is 68.7 Å². The Labute approximate surface area is 164 Å². The van der Waals surface area contributed by atoms with Crippen LogP contribution in [0, 0.1) is 0 Å². The first-order valence-corrected chi connectivity index (χ1v) is 8.54. The molecule has 0 aliphatic carbocycles. The molecule has 0 atom stereocenters. The van der Waals surface area contributed by atoms with E-state index in [4.69, 9.17) is 47.0 Å². The van der Waals surface area contributed by atoms with Crippen LogP contribution in [-0.4, -0.2) is 16.9 Å². The number of benzene rings is 2. The van der Waals surface area contributed by atoms with E-state index in [0.29, 0.717) is 21.3 Å². The van der Waals surface area contributed by atoms with Crippen LogP contribution < -0.4 is 10.2 Å². The predicted octanol–water partition coefficient (Wildman–Crippen LogP) is 4.48. The molecule has 0 unspecified atom stereocenters. The highest BCUT2D eigenvalue weighted by Crippen LogP contribution is 2.29. The molecule has 1 fully saturated rings. The number of hydrogen-bond donors (Lipinski definition) is 1. The second-order valence-corrected chi connectivity index (χ2v) is 6.69. The minimum atomic E-state index is -0.601. The van der Waals surface area contributed by atoms with Gasteiger partial charge < -0.3 is 0 Å². The van der Waals surface area contributed by atoms with Crippen molar-refractivity contribution in [1.82, 2.24) is 5.32 Å². The number of hydrogen-bond acceptors (Lipinski definition) is 3. The van der Waals surface area contributed by atoms with Gasteiger partial charge in [-0.2, -0.15) is 0 Å². The van der Waals surface area contributed by atoms with Crippen molar-refractivity contribution in [3.63, 3.8) is 0 Å². The molecule has 3 rings (SSSR count). The lowest BCUT2D eigenvalue weighted by atomic mass is 10.1. The molecule has 1 heterocycles. The summed E-state index contributed by atoms with van der Waals surface area (Å²) in [4.78, 5) is 26.3. The first-order chi connectivity index (χ1) is 11.9. The fourth-order valence-corrected chi connectivity index (χ4v) is 3.04. The van der Waals surface area contributed by atoms with Crippen molar-refractivity contribution >= 4 is 75.7 Å². The Hall–Kier alpha value is -1.92. The number of halogens is 3. The van der Waals surface area contributed by atoms with Crippen LogP contribution >= 0.6 is 47.0 Å². The summed E-state index contributed by atoms with van der Waals surface area (Å²) in [5.41, 5.74) is 0.840. The zero-order chi connectivity index (χ0) is 18.1. The second kappa shape index (κ2) is 7.14. The van der Waals surface area contributed by atoms with Crippen molar-refractivity contribution in [2.45, 2.75) is 0 Å². The molecule has 1 saturated heterocycles. The lowest BCUT2D eigenvalue weighted by molar-refractivity contribution is -0.122. The lowest BCUT2D eigenvalue weighted by Gasteiger charge is -2.29. The monoisotopic (exact) mass is 410 g/mol. The molecule has 2 aromatic rings. The molecule has 0 radical (unpaired) electrons. The van der Waals surface area contributed by atoms with Gasteiger partial charge in [-0.25, -0.2) is 0 Å². The highest BCUT2D eigenvalue weighted by atomic mass is 35.5. The summed E-state index contributed by atoms with van der Waals surface area (Å²) < 4.78 is 0. The molecule has 2 aromatic carbocycles. The Balaban J connectivity index is 2.05. The Kier molecular flexibility index (Phi) is 5.11. The van der Waals surface area contributed by atoms with E-state index in [1.165, 1.54) is 11.0 Å². The zero-order valence-electron chi connectivity index (χ0n) is 12.4. The number of amides is 2. The molecule has 25 heavy (non-hydrogen) atoms. The Bertz CT molecular complexity index is 926. The number of rotatable bonds is 2. The standard InChI is InChI=1S/C17H9Cl3N2O2S/c18-10-4-6-11(7-5-10)22-16(24)12(15(23)21-17(22)25)8-9-2-1-3-13(19)14(9)20/h1-8H,(H,21,23,25)/b12-8+. The number of nitrogens with one attached hydrogen (secondary N) is 1. The number of nitrogens with zero attached hydrogens (tertiary/aromatic N) is 1. The molecular formula is C17H9Cl3N2O2S. The van der Waals surface area contributed by atoms with Crippen LogP contribution in [0.5, 0.6) is 0 Å². The van der Waals surface area contributed by atoms with Crippen LogP contribution in [0.3, 0.4) is 0 Å². The predicted molar refractivity (Wildman–Crippen MR) is 104 cm³/mol. The minimum absolute atomic E-state index is 0.00772. The second-order valence-electron chi connectivity index (χ2n) is 5.08. The average Bonchev–Trinajstić information content (AvgIpc) is 2.56. The molecule has 0 saturated carbocycles. The summed E-state index contributed by atoms with van der Waals surface area (Å²) in [7, 11) is 0. The maximum absolute atomic E-state index is 12.8. The topological polar surface area (TPSA) is 49.4 Å². The SMILES string of the molecule is O=C1NC(=S)N(c2ccc(Cl)cc2)C(=O)/C1=C/c1cccc(Cl)c1Cl. The zero-order valence-corrected chi connectivity index (χ0v) is 15.5. The molecule has 126 valence electrons. The average molecular weight is 412 g/mol. The highest BCUT2D eigenvalue weighted by Gasteiger charge is 2.34. The smallest absolute Gasteiger partial charge is 0.270 e. The molecule has 4 nitrogen and oxygen atoms in total. The van der Waals surface area contributed by atoms with E-state index in [0.717, 1.165) is 0 Å². The number of carbonyl (C=O) groups excluding carboxylic acids is 2. The van der Waals surface area contributed by atoms with Crippen LogP contribution in [0.25, 0.3) is 6.08 Å². The normalized spacial score (nSPS) is 16.4. The van der Waals surface area contributed by atoms with E-state index in [1.54, 1.807) is 42.5 Å². The largest absolute Gasteiger partial charge is 0.298 e. The van der Waals surface area contributed by atoms with E-state index in [9.17, 15) is 9.59 Å². The van der Waals surface area contributed by atoms with Crippen molar-refractivity contribution in [2.75, 3.05) is 4.90 Å². The van der Waals surface area contributed by atoms with Gasteiger partial charge in [-0.15, -0.1) is 0 Å². The van der Waals surface area contributed by atoms with Gasteiger partial charge in [-0.1, -0.05) is 46.9 Å². The van der Waals surface area contributed by atoms with Crippen LogP contribution in [0.15, 0.2) is 48.0 Å². The number of anilines is 1. The molecule has 1 N–H and O–H groups in total. The fraction of sp³-hybridized carbons (Fsp3) is 0. The summed E-state index contributed by atoms with van der Waals surface area (Å²) in [6.07, 6.45) is 1.39. The maximum Gasteiger partial charge on any atom is 0.270 e. The van der Waals surface area contributed by atoms with Crippen molar-refractivity contribution in [1.29, 1.82) is 0 Å². The van der Waals surface area contributed by atoms with Crippen LogP contribution in [0.4, 0.5) is 5.69 Å². The molecule has 1 aliphatic rings. The third-order valence-electron chi connectivity index (χ3n) is 3.47. The van der Waals surface area contributed by atoms with E-state index >= 15 is 0 Å². The third-order valence-corrected chi connectivity index (χ3v) is 4.84. The molecule has 0 aromatic heterocycles. The molecular weight excluding hydrogens is 403 g/mol. The number of thiocarbonyl (C=S) groups is 1. The van der Waals surface area contributed by atoms with E-state index in [1.807, 2.05) is 0 Å². The summed E-state index contributed by atoms with van der Waals surface area (Å²) in [6, 6.07) is 11.5. The first-order valence-electron chi connectivity index (χ1n) is 6.99. The minimum Gasteiger partial charge on any atom is -0.298 e. The molecule has 0 spiro atoms. The quantitative estimate of drug-likeness (QED) is 0.450. The number of carbonyl (C=O) groups is 2. The third kappa shape index (κ3) is 3.55. The van der Waals surface area contributed by atoms with Gasteiger partial charge in [-0.05, 0) is 54.2 Å². The van der Waals surface area contributed by atoms with Gasteiger partial charge >= 0.3 is 0 Å². The molecule has 1 aliphatic heterocycles. The van der Waals surface area contributed by atoms with E-state index in [2.05, 4.69) is 5.32 Å². The molecule has 0 bridgehead atoms. The van der Waals surface area contributed by atoms with Gasteiger partial charge in [0.2, 0.25) is 0 Å². The summed E-state index contributed by atoms with van der Waals surface area (Å²) in [5.74, 6) is -1.16. The van der Waals surface area contributed by atoms with Crippen molar-refractivity contribution < 1.29 is 9.59 Å². The van der Waals surface area contributed by atoms with E-state index < -0.39 is 11.8 Å². The lowest BCUT2D eigenvalue weighted by Crippen LogP contribution is -2.54. The van der Waals surface area contributed by atoms with Gasteiger partial charge in [-0.3, -0.25) is 19.8 Å². The Morgan fingerprint density at radius 3 is 2.36 bits per heavy atom. The fourth-order valence-electron chi connectivity index (χ4n) is 2.27. The van der Waals surface area contributed by atoms with Gasteiger partial charge in [0.15, 0.2) is 5.11 Å². The van der Waals surface area contributed by atoms with Crippen LogP contribution in [-0.2, 0) is 9.59 Å². The summed E-state index contributed by atoms with van der Waals surface area (Å²) >= 11 is 23.1. The molecule has 8 heteroatoms. The molecule has 2 amide bonds. The first kappa shape index (κ1) is 17.9.